The molecule has 2 aliphatic rings. The van der Waals surface area contributed by atoms with Gasteiger partial charge in [-0.2, -0.15) is 0 Å². The molecule has 1 atom stereocenters. The van der Waals surface area contributed by atoms with Crippen LogP contribution in [0.5, 0.6) is 11.5 Å². The van der Waals surface area contributed by atoms with Gasteiger partial charge in [0, 0.05) is 12.1 Å². The van der Waals surface area contributed by atoms with Gasteiger partial charge < -0.3 is 28.8 Å². The highest BCUT2D eigenvalue weighted by atomic mass is 16.6. The van der Waals surface area contributed by atoms with E-state index in [0.717, 1.165) is 19.6 Å². The first kappa shape index (κ1) is 22.9. The van der Waals surface area contributed by atoms with E-state index in [2.05, 4.69) is 18.7 Å². The van der Waals surface area contributed by atoms with Crippen LogP contribution < -0.4 is 9.47 Å². The summed E-state index contributed by atoms with van der Waals surface area (Å²) >= 11 is 0. The van der Waals surface area contributed by atoms with Crippen LogP contribution >= 0.6 is 0 Å². The number of carbonyl (C=O) groups is 2. The van der Waals surface area contributed by atoms with E-state index >= 15 is 0 Å². The maximum Gasteiger partial charge on any atom is 0.295 e. The van der Waals surface area contributed by atoms with Crippen molar-refractivity contribution in [1.82, 2.24) is 9.80 Å². The summed E-state index contributed by atoms with van der Waals surface area (Å²) in [6.07, 6.45) is 0.703. The highest BCUT2D eigenvalue weighted by Crippen LogP contribution is 2.41. The minimum atomic E-state index is -0.788. The number of aliphatic hydroxyl groups is 1. The predicted molar refractivity (Wildman–Crippen MR) is 122 cm³/mol. The predicted octanol–water partition coefficient (Wildman–Crippen LogP) is 3.51. The van der Waals surface area contributed by atoms with E-state index in [1.165, 1.54) is 4.90 Å². The maximum atomic E-state index is 13.1. The SMILES string of the molecule is CCN(CC)CCCN1C(=O)C(=O)/C(=C(/O)c2ccc3c(c2)OCCO3)[C@@H]1c1ccc(C)o1. The summed E-state index contributed by atoms with van der Waals surface area (Å²) < 4.78 is 17.0. The van der Waals surface area contributed by atoms with Gasteiger partial charge in [0.05, 0.1) is 5.57 Å². The third-order valence-electron chi connectivity index (χ3n) is 6.15. The normalized spacial score (nSPS) is 19.5. The molecule has 1 amide bonds. The van der Waals surface area contributed by atoms with Gasteiger partial charge in [-0.1, -0.05) is 13.8 Å². The van der Waals surface area contributed by atoms with Crippen LogP contribution in [0.1, 0.15) is 43.4 Å². The molecule has 33 heavy (non-hydrogen) atoms. The summed E-state index contributed by atoms with van der Waals surface area (Å²) in [5.74, 6) is 0.580. The van der Waals surface area contributed by atoms with Crippen molar-refractivity contribution in [3.05, 3.63) is 53.0 Å². The topological polar surface area (TPSA) is 92.5 Å². The maximum absolute atomic E-state index is 13.1. The Labute approximate surface area is 193 Å². The Morgan fingerprint density at radius 1 is 1.09 bits per heavy atom. The van der Waals surface area contributed by atoms with Crippen molar-refractivity contribution in [2.75, 3.05) is 39.4 Å². The number of rotatable bonds is 8. The molecule has 2 aromatic rings. The lowest BCUT2D eigenvalue weighted by Crippen LogP contribution is -2.33. The van der Waals surface area contributed by atoms with Crippen molar-refractivity contribution in [1.29, 1.82) is 0 Å². The van der Waals surface area contributed by atoms with Gasteiger partial charge in [-0.3, -0.25) is 9.59 Å². The van der Waals surface area contributed by atoms with E-state index in [4.69, 9.17) is 13.9 Å². The van der Waals surface area contributed by atoms with Gasteiger partial charge >= 0.3 is 0 Å². The van der Waals surface area contributed by atoms with Crippen molar-refractivity contribution < 1.29 is 28.6 Å². The highest BCUT2D eigenvalue weighted by Gasteiger charge is 2.47. The number of ether oxygens (including phenoxy) is 2. The molecule has 0 spiro atoms. The Morgan fingerprint density at radius 3 is 2.48 bits per heavy atom. The quantitative estimate of drug-likeness (QED) is 0.371. The molecular formula is C25H30N2O6. The average molecular weight is 455 g/mol. The average Bonchev–Trinajstić information content (AvgIpc) is 3.37. The lowest BCUT2D eigenvalue weighted by Gasteiger charge is -2.25. The summed E-state index contributed by atoms with van der Waals surface area (Å²) in [6, 6.07) is 7.72. The number of amides is 1. The lowest BCUT2D eigenvalue weighted by molar-refractivity contribution is -0.140. The standard InChI is InChI=1S/C25H30N2O6/c1-4-26(5-2)11-6-12-27-22(19-9-7-16(3)33-19)21(24(29)25(27)30)23(28)17-8-10-18-20(15-17)32-14-13-31-18/h7-10,15,22,28H,4-6,11-14H2,1-3H3/b23-21+/t22-/m0/s1. The Hall–Kier alpha value is -3.26. The van der Waals surface area contributed by atoms with Crippen LogP contribution in [0.15, 0.2) is 40.3 Å². The minimum Gasteiger partial charge on any atom is -0.507 e. The fourth-order valence-electron chi connectivity index (χ4n) is 4.36. The summed E-state index contributed by atoms with van der Waals surface area (Å²) in [5.41, 5.74) is 0.405. The molecule has 3 heterocycles. The summed E-state index contributed by atoms with van der Waals surface area (Å²) in [6.45, 7) is 9.86. The summed E-state index contributed by atoms with van der Waals surface area (Å²) in [7, 11) is 0. The molecule has 1 N–H and O–H groups in total. The number of hydrogen-bond donors (Lipinski definition) is 1. The number of ketones is 1. The van der Waals surface area contributed by atoms with E-state index < -0.39 is 17.7 Å². The number of Topliss-reactive ketones (excluding diaryl/α,β-unsaturated/α-hetero) is 1. The molecule has 2 aliphatic heterocycles. The first-order valence-electron chi connectivity index (χ1n) is 11.4. The van der Waals surface area contributed by atoms with E-state index in [0.29, 0.717) is 54.8 Å². The molecule has 0 bridgehead atoms. The number of carbonyl (C=O) groups excluding carboxylic acids is 2. The Kier molecular flexibility index (Phi) is 6.74. The van der Waals surface area contributed by atoms with Crippen LogP contribution in [0.2, 0.25) is 0 Å². The zero-order valence-electron chi connectivity index (χ0n) is 19.3. The number of nitrogens with zero attached hydrogens (tertiary/aromatic N) is 2. The van der Waals surface area contributed by atoms with Gasteiger partial charge in [0.25, 0.3) is 11.7 Å². The molecule has 0 unspecified atom stereocenters. The molecular weight excluding hydrogens is 424 g/mol. The zero-order chi connectivity index (χ0) is 23.5. The first-order chi connectivity index (χ1) is 15.9. The third-order valence-corrected chi connectivity index (χ3v) is 6.15. The van der Waals surface area contributed by atoms with Gasteiger partial charge in [-0.25, -0.2) is 0 Å². The van der Waals surface area contributed by atoms with Crippen molar-refractivity contribution in [2.45, 2.75) is 33.2 Å². The first-order valence-corrected chi connectivity index (χ1v) is 11.4. The monoisotopic (exact) mass is 454 g/mol. The molecule has 176 valence electrons. The van der Waals surface area contributed by atoms with Crippen LogP contribution in [-0.2, 0) is 9.59 Å². The third kappa shape index (κ3) is 4.48. The van der Waals surface area contributed by atoms with Crippen LogP contribution in [0.3, 0.4) is 0 Å². The number of fused-ring (bicyclic) bond motifs is 1. The largest absolute Gasteiger partial charge is 0.507 e. The number of aryl methyl sites for hydroxylation is 1. The summed E-state index contributed by atoms with van der Waals surface area (Å²) in [5, 5.41) is 11.2. The zero-order valence-corrected chi connectivity index (χ0v) is 19.3. The second kappa shape index (κ2) is 9.70. The number of likely N-dealkylation sites (tertiary alicyclic amines) is 1. The molecule has 1 saturated heterocycles. The summed E-state index contributed by atoms with van der Waals surface area (Å²) in [4.78, 5) is 29.9. The second-order valence-electron chi connectivity index (χ2n) is 8.18. The van der Waals surface area contributed by atoms with Crippen molar-refractivity contribution in [3.63, 3.8) is 0 Å². The van der Waals surface area contributed by atoms with E-state index in [1.807, 2.05) is 0 Å². The van der Waals surface area contributed by atoms with E-state index in [-0.39, 0.29) is 11.3 Å². The molecule has 0 aliphatic carbocycles. The number of aliphatic hydroxyl groups excluding tert-OH is 1. The van der Waals surface area contributed by atoms with Crippen molar-refractivity contribution in [3.8, 4) is 11.5 Å². The smallest absolute Gasteiger partial charge is 0.295 e. The van der Waals surface area contributed by atoms with Crippen molar-refractivity contribution >= 4 is 17.4 Å². The Morgan fingerprint density at radius 2 is 1.82 bits per heavy atom. The van der Waals surface area contributed by atoms with Gasteiger partial charge in [0.1, 0.15) is 36.5 Å². The molecule has 1 aromatic heterocycles. The molecule has 8 nitrogen and oxygen atoms in total. The van der Waals surface area contributed by atoms with Gasteiger partial charge in [0.2, 0.25) is 0 Å². The van der Waals surface area contributed by atoms with Gasteiger partial charge in [-0.15, -0.1) is 0 Å². The highest BCUT2D eigenvalue weighted by molar-refractivity contribution is 6.46. The van der Waals surface area contributed by atoms with E-state index in [9.17, 15) is 14.7 Å². The number of furan rings is 1. The van der Waals surface area contributed by atoms with Gasteiger partial charge in [-0.05, 0) is 63.3 Å². The Bertz CT molecular complexity index is 1070. The van der Waals surface area contributed by atoms with E-state index in [1.54, 1.807) is 37.3 Å². The van der Waals surface area contributed by atoms with Crippen molar-refractivity contribution in [2.24, 2.45) is 0 Å². The lowest BCUT2D eigenvalue weighted by atomic mass is 9.99. The molecule has 8 heteroatoms. The minimum absolute atomic E-state index is 0.0221. The van der Waals surface area contributed by atoms with Crippen LogP contribution in [-0.4, -0.2) is 66.0 Å². The molecule has 0 radical (unpaired) electrons. The fourth-order valence-corrected chi connectivity index (χ4v) is 4.36. The fraction of sp³-hybridized carbons (Fsp3) is 0.440. The molecule has 0 saturated carbocycles. The van der Waals surface area contributed by atoms with Crippen LogP contribution in [0, 0.1) is 6.92 Å². The molecule has 4 rings (SSSR count). The molecule has 1 fully saturated rings. The second-order valence-corrected chi connectivity index (χ2v) is 8.18. The number of benzene rings is 1. The number of hydrogen-bond acceptors (Lipinski definition) is 7. The van der Waals surface area contributed by atoms with Crippen LogP contribution in [0.25, 0.3) is 5.76 Å². The molecule has 1 aromatic carbocycles. The Balaban J connectivity index is 1.71. The van der Waals surface area contributed by atoms with Gasteiger partial charge in [0.15, 0.2) is 11.5 Å². The van der Waals surface area contributed by atoms with Crippen LogP contribution in [0.4, 0.5) is 0 Å².